The van der Waals surface area contributed by atoms with Crippen LogP contribution in [-0.4, -0.2) is 19.7 Å². The lowest BCUT2D eigenvalue weighted by Gasteiger charge is -2.36. The van der Waals surface area contributed by atoms with Gasteiger partial charge in [-0.3, -0.25) is 4.31 Å². The molecule has 4 nitrogen and oxygen atoms in total. The summed E-state index contributed by atoms with van der Waals surface area (Å²) >= 11 is 0. The molecule has 2 aliphatic carbocycles. The number of benzene rings is 1. The van der Waals surface area contributed by atoms with Crippen molar-refractivity contribution in [3.05, 3.63) is 35.2 Å². The van der Waals surface area contributed by atoms with E-state index in [0.717, 1.165) is 31.4 Å². The van der Waals surface area contributed by atoms with E-state index in [2.05, 4.69) is 4.85 Å². The summed E-state index contributed by atoms with van der Waals surface area (Å²) in [5, 5.41) is 0. The summed E-state index contributed by atoms with van der Waals surface area (Å²) in [5.74, 6) is 0.414. The predicted octanol–water partition coefficient (Wildman–Crippen LogP) is 4.60. The van der Waals surface area contributed by atoms with E-state index in [4.69, 9.17) is 6.57 Å². The van der Waals surface area contributed by atoms with Crippen LogP contribution in [0.1, 0.15) is 38.2 Å². The lowest BCUT2D eigenvalue weighted by atomic mass is 9.77. The van der Waals surface area contributed by atoms with E-state index in [1.165, 1.54) is 10.4 Å². The highest BCUT2D eigenvalue weighted by atomic mass is 32.2. The van der Waals surface area contributed by atoms with Gasteiger partial charge in [0.15, 0.2) is 5.69 Å². The summed E-state index contributed by atoms with van der Waals surface area (Å²) in [5.41, 5.74) is -1.57. The first kappa shape index (κ1) is 17.7. The lowest BCUT2D eigenvalue weighted by molar-refractivity contribution is -0.136. The zero-order valence-electron chi connectivity index (χ0n) is 14.3. The molecule has 2 saturated carbocycles. The van der Waals surface area contributed by atoms with Gasteiger partial charge in [0.25, 0.3) is 0 Å². The summed E-state index contributed by atoms with van der Waals surface area (Å²) < 4.78 is 67.0. The lowest BCUT2D eigenvalue weighted by Crippen LogP contribution is -2.47. The Kier molecular flexibility index (Phi) is 3.65. The predicted molar refractivity (Wildman–Crippen MR) is 91.3 cm³/mol. The minimum Gasteiger partial charge on any atom is -0.270 e. The number of hydrogen-bond donors (Lipinski definition) is 0. The fourth-order valence-corrected chi connectivity index (χ4v) is 8.50. The Labute approximate surface area is 150 Å². The highest BCUT2D eigenvalue weighted by Gasteiger charge is 2.69. The normalized spacial score (nSPS) is 34.7. The van der Waals surface area contributed by atoms with Crippen molar-refractivity contribution >= 4 is 21.4 Å². The van der Waals surface area contributed by atoms with Crippen molar-refractivity contribution in [3.63, 3.8) is 0 Å². The van der Waals surface area contributed by atoms with Gasteiger partial charge in [-0.05, 0) is 49.7 Å². The molecule has 2 bridgehead atoms. The molecule has 0 aromatic heterocycles. The highest BCUT2D eigenvalue weighted by Crippen LogP contribution is 2.63. The number of halogens is 3. The zero-order chi connectivity index (χ0) is 18.9. The third kappa shape index (κ3) is 2.04. The molecule has 3 fully saturated rings. The first-order valence-electron chi connectivity index (χ1n) is 8.77. The molecule has 1 aliphatic heterocycles. The highest BCUT2D eigenvalue weighted by molar-refractivity contribution is 7.94. The van der Waals surface area contributed by atoms with Gasteiger partial charge in [0.05, 0.1) is 16.9 Å². The Morgan fingerprint density at radius 3 is 2.65 bits per heavy atom. The van der Waals surface area contributed by atoms with E-state index >= 15 is 0 Å². The Balaban J connectivity index is 1.83. The quantitative estimate of drug-likeness (QED) is 0.700. The molecule has 0 spiro atoms. The van der Waals surface area contributed by atoms with Gasteiger partial charge in [-0.15, -0.1) is 0 Å². The standard InChI is InChI=1S/C18H19F3N2O2S/c1-3-17-12-5-4-11(8-12)15(17)10-23(26(17,24)25)13-6-7-16(22-2)14(9-13)18(19,20)21/h6-7,9,11-12,15H,3-5,8,10H2,1H3/t11-,12+,15+,17-/m0/s1. The number of alkyl halides is 3. The van der Waals surface area contributed by atoms with Gasteiger partial charge in [0.2, 0.25) is 10.0 Å². The fourth-order valence-electron chi connectivity index (χ4n) is 5.70. The minimum atomic E-state index is -4.70. The number of nitrogens with zero attached hydrogens (tertiary/aromatic N) is 2. The molecule has 0 amide bonds. The number of fused-ring (bicyclic) bond motifs is 5. The van der Waals surface area contributed by atoms with Crippen LogP contribution >= 0.6 is 0 Å². The Bertz CT molecular complexity index is 906. The average Bonchev–Trinajstić information content (AvgIpc) is 3.23. The van der Waals surface area contributed by atoms with E-state index in [-0.39, 0.29) is 24.1 Å². The summed E-state index contributed by atoms with van der Waals surface area (Å²) in [6.07, 6.45) is -1.41. The Morgan fingerprint density at radius 2 is 2.08 bits per heavy atom. The van der Waals surface area contributed by atoms with Crippen LogP contribution in [0, 0.1) is 24.3 Å². The number of hydrogen-bond acceptors (Lipinski definition) is 2. The second-order valence-electron chi connectivity index (χ2n) is 7.53. The van der Waals surface area contributed by atoms with Gasteiger partial charge in [-0.25, -0.2) is 13.3 Å². The van der Waals surface area contributed by atoms with E-state index < -0.39 is 32.2 Å². The second kappa shape index (κ2) is 5.38. The van der Waals surface area contributed by atoms with E-state index in [9.17, 15) is 21.6 Å². The monoisotopic (exact) mass is 384 g/mol. The van der Waals surface area contributed by atoms with Crippen molar-refractivity contribution in [2.24, 2.45) is 17.8 Å². The summed E-state index contributed by atoms with van der Waals surface area (Å²) in [4.78, 5) is 2.92. The topological polar surface area (TPSA) is 41.7 Å². The van der Waals surface area contributed by atoms with Crippen molar-refractivity contribution in [2.75, 3.05) is 10.8 Å². The van der Waals surface area contributed by atoms with Gasteiger partial charge in [-0.1, -0.05) is 13.0 Å². The first-order valence-corrected chi connectivity index (χ1v) is 10.2. The maximum Gasteiger partial charge on any atom is 0.407 e. The van der Waals surface area contributed by atoms with E-state index in [1.807, 2.05) is 6.92 Å². The van der Waals surface area contributed by atoms with Crippen molar-refractivity contribution in [3.8, 4) is 0 Å². The smallest absolute Gasteiger partial charge is 0.270 e. The first-order chi connectivity index (χ1) is 12.2. The molecule has 1 aromatic rings. The van der Waals surface area contributed by atoms with Crippen LogP contribution in [0.3, 0.4) is 0 Å². The van der Waals surface area contributed by atoms with Gasteiger partial charge in [0.1, 0.15) is 0 Å². The molecule has 4 atom stereocenters. The zero-order valence-corrected chi connectivity index (χ0v) is 15.1. The number of sulfonamides is 1. The van der Waals surface area contributed by atoms with Crippen LogP contribution in [0.4, 0.5) is 24.5 Å². The van der Waals surface area contributed by atoms with Crippen LogP contribution in [-0.2, 0) is 16.2 Å². The second-order valence-corrected chi connectivity index (χ2v) is 9.68. The van der Waals surface area contributed by atoms with E-state index in [1.54, 1.807) is 0 Å². The maximum absolute atomic E-state index is 13.4. The molecule has 1 aromatic carbocycles. The molecular formula is C18H19F3N2O2S. The molecule has 0 unspecified atom stereocenters. The van der Waals surface area contributed by atoms with Crippen LogP contribution < -0.4 is 4.31 Å². The SMILES string of the molecule is [C-]#[N+]c1ccc(N2C[C@@H]3[C@H]4CC[C@H](C4)[C@]3(CC)S2(=O)=O)cc1C(F)(F)F. The van der Waals surface area contributed by atoms with Crippen LogP contribution in [0.2, 0.25) is 0 Å². The molecule has 4 rings (SSSR count). The molecule has 140 valence electrons. The van der Waals surface area contributed by atoms with Gasteiger partial charge < -0.3 is 0 Å². The molecule has 0 N–H and O–H groups in total. The third-order valence-corrected chi connectivity index (χ3v) is 9.57. The largest absolute Gasteiger partial charge is 0.407 e. The third-order valence-electron chi connectivity index (χ3n) is 6.74. The molecule has 1 heterocycles. The summed E-state index contributed by atoms with van der Waals surface area (Å²) in [6, 6.07) is 3.21. The van der Waals surface area contributed by atoms with Gasteiger partial charge in [0, 0.05) is 18.2 Å². The number of anilines is 1. The van der Waals surface area contributed by atoms with Crippen molar-refractivity contribution < 1.29 is 21.6 Å². The fraction of sp³-hybridized carbons (Fsp3) is 0.611. The van der Waals surface area contributed by atoms with Crippen molar-refractivity contribution in [2.45, 2.75) is 43.5 Å². The van der Waals surface area contributed by atoms with Gasteiger partial charge in [-0.2, -0.15) is 13.2 Å². The van der Waals surface area contributed by atoms with Crippen LogP contribution in [0.5, 0.6) is 0 Å². The minimum absolute atomic E-state index is 0.0198. The molecular weight excluding hydrogens is 365 g/mol. The molecule has 26 heavy (non-hydrogen) atoms. The molecule has 8 heteroatoms. The summed E-state index contributed by atoms with van der Waals surface area (Å²) in [7, 11) is -3.75. The van der Waals surface area contributed by atoms with Crippen molar-refractivity contribution in [1.29, 1.82) is 0 Å². The Morgan fingerprint density at radius 1 is 1.35 bits per heavy atom. The van der Waals surface area contributed by atoms with Crippen LogP contribution in [0.15, 0.2) is 18.2 Å². The Hall–Kier alpha value is -1.75. The molecule has 1 saturated heterocycles. The number of rotatable bonds is 2. The van der Waals surface area contributed by atoms with Crippen LogP contribution in [0.25, 0.3) is 4.85 Å². The molecule has 3 aliphatic rings. The van der Waals surface area contributed by atoms with Gasteiger partial charge >= 0.3 is 6.18 Å². The molecule has 0 radical (unpaired) electrons. The van der Waals surface area contributed by atoms with Crippen molar-refractivity contribution in [1.82, 2.24) is 0 Å². The summed E-state index contributed by atoms with van der Waals surface area (Å²) in [6.45, 7) is 9.06. The average molecular weight is 384 g/mol. The van der Waals surface area contributed by atoms with E-state index in [0.29, 0.717) is 12.3 Å². The maximum atomic E-state index is 13.4.